The third-order valence-corrected chi connectivity index (χ3v) is 4.68. The number of methoxy groups -OCH3 is 1. The van der Waals surface area contributed by atoms with Crippen LogP contribution in [0.1, 0.15) is 47.0 Å². The molecule has 2 aliphatic rings. The van der Waals surface area contributed by atoms with Crippen LogP contribution in [0.4, 0.5) is 0 Å². The van der Waals surface area contributed by atoms with Crippen LogP contribution in [-0.4, -0.2) is 80.9 Å². The van der Waals surface area contributed by atoms with E-state index in [1.807, 2.05) is 0 Å². The minimum absolute atomic E-state index is 0.329. The van der Waals surface area contributed by atoms with Gasteiger partial charge in [-0.3, -0.25) is 19.2 Å². The van der Waals surface area contributed by atoms with Gasteiger partial charge in [0.1, 0.15) is 12.7 Å². The highest BCUT2D eigenvalue weighted by molar-refractivity contribution is 5.68. The van der Waals surface area contributed by atoms with Crippen molar-refractivity contribution in [2.24, 2.45) is 0 Å². The van der Waals surface area contributed by atoms with Crippen molar-refractivity contribution in [3.63, 3.8) is 0 Å². The number of carbonyl (C=O) groups is 4. The third-order valence-electron chi connectivity index (χ3n) is 4.68. The molecule has 0 aromatic rings. The largest absolute Gasteiger partial charge is 0.463 e. The summed E-state index contributed by atoms with van der Waals surface area (Å²) in [4.78, 5) is 46.7. The number of ether oxygens (including phenoxy) is 8. The number of carbonyl (C=O) groups excluding carboxylic acids is 4. The summed E-state index contributed by atoms with van der Waals surface area (Å²) in [6.45, 7) is 4.33. The average Bonchev–Trinajstić information content (AvgIpc) is 2.70. The van der Waals surface area contributed by atoms with Crippen LogP contribution in [0.25, 0.3) is 0 Å². The smallest absolute Gasteiger partial charge is 0.303 e. The lowest BCUT2D eigenvalue weighted by Crippen LogP contribution is -2.63. The molecular formula is C20H30O12. The number of hydrogen-bond donors (Lipinski definition) is 0. The minimum Gasteiger partial charge on any atom is -0.463 e. The van der Waals surface area contributed by atoms with E-state index in [1.165, 1.54) is 14.0 Å². The number of esters is 4. The van der Waals surface area contributed by atoms with Crippen molar-refractivity contribution >= 4 is 23.9 Å². The molecule has 0 unspecified atom stereocenters. The third kappa shape index (κ3) is 7.69. The maximum absolute atomic E-state index is 11.8. The molecule has 12 nitrogen and oxygen atoms in total. The molecule has 2 saturated heterocycles. The molecule has 0 amide bonds. The highest BCUT2D eigenvalue weighted by Gasteiger charge is 2.53. The van der Waals surface area contributed by atoms with Gasteiger partial charge in [-0.15, -0.1) is 0 Å². The number of hydrogen-bond acceptors (Lipinski definition) is 12. The molecule has 2 heterocycles. The molecule has 182 valence electrons. The molecule has 0 aromatic heterocycles. The van der Waals surface area contributed by atoms with Crippen molar-refractivity contribution in [1.82, 2.24) is 0 Å². The zero-order valence-corrected chi connectivity index (χ0v) is 18.8. The molecule has 2 fully saturated rings. The fourth-order valence-electron chi connectivity index (χ4n) is 3.48. The second-order valence-corrected chi connectivity index (χ2v) is 7.37. The maximum atomic E-state index is 11.8. The van der Waals surface area contributed by atoms with E-state index in [0.29, 0.717) is 12.8 Å². The highest BCUT2D eigenvalue weighted by atomic mass is 16.8. The molecule has 0 bridgehead atoms. The Bertz CT molecular complexity index is 679. The summed E-state index contributed by atoms with van der Waals surface area (Å²) >= 11 is 0. The van der Waals surface area contributed by atoms with Crippen LogP contribution >= 0.6 is 0 Å². The van der Waals surface area contributed by atoms with E-state index >= 15 is 0 Å². The van der Waals surface area contributed by atoms with Gasteiger partial charge < -0.3 is 37.9 Å². The van der Waals surface area contributed by atoms with E-state index in [0.717, 1.165) is 27.2 Å². The van der Waals surface area contributed by atoms with Gasteiger partial charge >= 0.3 is 23.9 Å². The van der Waals surface area contributed by atoms with Crippen molar-refractivity contribution in [2.45, 2.75) is 90.2 Å². The second-order valence-electron chi connectivity index (χ2n) is 7.37. The topological polar surface area (TPSA) is 142 Å². The summed E-state index contributed by atoms with van der Waals surface area (Å²) in [6.07, 6.45) is -5.51. The van der Waals surface area contributed by atoms with Gasteiger partial charge in [0.25, 0.3) is 0 Å². The van der Waals surface area contributed by atoms with E-state index in [2.05, 4.69) is 0 Å². The van der Waals surface area contributed by atoms with Crippen LogP contribution in [0.2, 0.25) is 0 Å². The monoisotopic (exact) mass is 462 g/mol. The SMILES string of the molecule is CO[C@@H]1CCC[C@H](O[C@@H]2O[C@H](COC(C)=O)[C@@H](OC(C)=O)[C@H](OC(C)=O)[C@H]2OC(C)=O)O1. The molecule has 0 N–H and O–H groups in total. The first-order chi connectivity index (χ1) is 15.1. The van der Waals surface area contributed by atoms with E-state index in [1.54, 1.807) is 0 Å². The fraction of sp³-hybridized carbons (Fsp3) is 0.800. The standard InChI is InChI=1S/C20H30O12/c1-10(21)26-9-14-17(27-11(2)22)18(28-12(3)23)19(29-13(4)24)20(30-14)32-16-8-6-7-15(25-5)31-16/h14-20H,6-9H2,1-5H3/t14-,15+,16+,17-,18+,19-,20+/m1/s1. The minimum atomic E-state index is -1.29. The van der Waals surface area contributed by atoms with Crippen molar-refractivity contribution < 1.29 is 57.1 Å². The predicted molar refractivity (Wildman–Crippen MR) is 103 cm³/mol. The van der Waals surface area contributed by atoms with Crippen LogP contribution in [0.5, 0.6) is 0 Å². The van der Waals surface area contributed by atoms with Crippen LogP contribution in [0.3, 0.4) is 0 Å². The molecule has 32 heavy (non-hydrogen) atoms. The molecule has 2 rings (SSSR count). The van der Waals surface area contributed by atoms with E-state index < -0.39 is 67.2 Å². The van der Waals surface area contributed by atoms with Gasteiger partial charge in [-0.1, -0.05) is 0 Å². The Morgan fingerprint density at radius 1 is 0.750 bits per heavy atom. The molecule has 0 saturated carbocycles. The van der Waals surface area contributed by atoms with E-state index in [9.17, 15) is 19.2 Å². The van der Waals surface area contributed by atoms with Crippen molar-refractivity contribution in [1.29, 1.82) is 0 Å². The van der Waals surface area contributed by atoms with Crippen LogP contribution in [-0.2, 0) is 57.1 Å². The average molecular weight is 462 g/mol. The van der Waals surface area contributed by atoms with Crippen LogP contribution < -0.4 is 0 Å². The Labute approximate surface area is 185 Å². The highest BCUT2D eigenvalue weighted by Crippen LogP contribution is 2.32. The quantitative estimate of drug-likeness (QED) is 0.368. The Morgan fingerprint density at radius 3 is 1.88 bits per heavy atom. The Morgan fingerprint density at radius 2 is 1.31 bits per heavy atom. The van der Waals surface area contributed by atoms with Gasteiger partial charge in [-0.25, -0.2) is 0 Å². The lowest BCUT2D eigenvalue weighted by molar-refractivity contribution is -0.360. The van der Waals surface area contributed by atoms with Crippen molar-refractivity contribution in [2.75, 3.05) is 13.7 Å². The summed E-state index contributed by atoms with van der Waals surface area (Å²) in [5.74, 6) is -2.73. The molecule has 0 radical (unpaired) electrons. The van der Waals surface area contributed by atoms with E-state index in [4.69, 9.17) is 37.9 Å². The summed E-state index contributed by atoms with van der Waals surface area (Å²) in [6, 6.07) is 0. The zero-order valence-electron chi connectivity index (χ0n) is 18.8. The molecule has 0 aromatic carbocycles. The Kier molecular flexibility index (Phi) is 9.82. The van der Waals surface area contributed by atoms with Gasteiger partial charge in [0.2, 0.25) is 6.29 Å². The summed E-state index contributed by atoms with van der Waals surface area (Å²) in [7, 11) is 1.50. The zero-order chi connectivity index (χ0) is 23.8. The molecule has 2 aliphatic heterocycles. The lowest BCUT2D eigenvalue weighted by atomic mass is 9.98. The molecule has 0 aliphatic carbocycles. The van der Waals surface area contributed by atoms with Gasteiger partial charge in [0, 0.05) is 34.8 Å². The predicted octanol–water partition coefficient (Wildman–Crippen LogP) is 0.585. The maximum Gasteiger partial charge on any atom is 0.303 e. The fourth-order valence-corrected chi connectivity index (χ4v) is 3.48. The Hall–Kier alpha value is -2.28. The first kappa shape index (κ1) is 26.0. The van der Waals surface area contributed by atoms with Gasteiger partial charge in [-0.2, -0.15) is 0 Å². The summed E-state index contributed by atoms with van der Waals surface area (Å²) in [5, 5.41) is 0. The number of rotatable bonds is 8. The Balaban J connectivity index is 2.34. The molecule has 0 spiro atoms. The molecule has 7 atom stereocenters. The lowest BCUT2D eigenvalue weighted by Gasteiger charge is -2.45. The first-order valence-corrected chi connectivity index (χ1v) is 10.2. The van der Waals surface area contributed by atoms with Crippen LogP contribution in [0.15, 0.2) is 0 Å². The molecular weight excluding hydrogens is 432 g/mol. The van der Waals surface area contributed by atoms with Gasteiger partial charge in [-0.05, 0) is 19.3 Å². The van der Waals surface area contributed by atoms with Gasteiger partial charge in [0.15, 0.2) is 30.9 Å². The van der Waals surface area contributed by atoms with Gasteiger partial charge in [0.05, 0.1) is 0 Å². The summed E-state index contributed by atoms with van der Waals surface area (Å²) in [5.41, 5.74) is 0. The first-order valence-electron chi connectivity index (χ1n) is 10.2. The second kappa shape index (κ2) is 12.1. The molecule has 12 heteroatoms. The summed E-state index contributed by atoms with van der Waals surface area (Å²) < 4.78 is 43.7. The van der Waals surface area contributed by atoms with Crippen LogP contribution in [0, 0.1) is 0 Å². The van der Waals surface area contributed by atoms with Crippen molar-refractivity contribution in [3.8, 4) is 0 Å². The van der Waals surface area contributed by atoms with Crippen molar-refractivity contribution in [3.05, 3.63) is 0 Å². The normalized spacial score (nSPS) is 32.5. The van der Waals surface area contributed by atoms with E-state index in [-0.39, 0.29) is 6.61 Å².